The van der Waals surface area contributed by atoms with Crippen molar-refractivity contribution in [1.82, 2.24) is 10.6 Å². The van der Waals surface area contributed by atoms with E-state index in [1.807, 2.05) is 0 Å². The fourth-order valence-electron chi connectivity index (χ4n) is 0.656. The van der Waals surface area contributed by atoms with Gasteiger partial charge in [-0.2, -0.15) is 0 Å². The van der Waals surface area contributed by atoms with Gasteiger partial charge in [0.25, 0.3) is 0 Å². The number of hydrogen-bond donors (Lipinski definition) is 4. The molecule has 0 heterocycles. The molecule has 0 aliphatic carbocycles. The van der Waals surface area contributed by atoms with Crippen LogP contribution in [0.25, 0.3) is 0 Å². The highest BCUT2D eigenvalue weighted by molar-refractivity contribution is 5.73. The van der Waals surface area contributed by atoms with Crippen LogP contribution in [0.15, 0.2) is 0 Å². The maximum absolute atomic E-state index is 11.1. The van der Waals surface area contributed by atoms with Crippen molar-refractivity contribution < 1.29 is 15.0 Å². The van der Waals surface area contributed by atoms with Crippen LogP contribution >= 0.6 is 0 Å². The first kappa shape index (κ1) is 13.2. The first-order valence-corrected chi connectivity index (χ1v) is 4.57. The van der Waals surface area contributed by atoms with Crippen molar-refractivity contribution in [3.8, 4) is 0 Å². The van der Waals surface area contributed by atoms with Crippen LogP contribution in [0.2, 0.25) is 0 Å². The highest BCUT2D eigenvalue weighted by Crippen LogP contribution is 1.98. The normalized spacial score (nSPS) is 12.4. The second kappa shape index (κ2) is 4.61. The van der Waals surface area contributed by atoms with Crippen LogP contribution in [0, 0.1) is 0 Å². The van der Waals surface area contributed by atoms with E-state index in [1.165, 1.54) is 0 Å². The molecule has 0 atom stereocenters. The third-order valence-electron chi connectivity index (χ3n) is 1.36. The maximum atomic E-state index is 11.1. The predicted molar refractivity (Wildman–Crippen MR) is 54.0 cm³/mol. The van der Waals surface area contributed by atoms with E-state index in [-0.39, 0.29) is 13.1 Å². The fraction of sp³-hybridized carbons (Fsp3) is 0.889. The van der Waals surface area contributed by atoms with E-state index in [4.69, 9.17) is 0 Å². The van der Waals surface area contributed by atoms with Crippen molar-refractivity contribution in [2.24, 2.45) is 0 Å². The van der Waals surface area contributed by atoms with Gasteiger partial charge in [-0.1, -0.05) is 0 Å². The Bertz CT molecular complexity index is 171. The zero-order chi connectivity index (χ0) is 11.4. The largest absolute Gasteiger partial charge is 0.389 e. The second-order valence-corrected chi connectivity index (χ2v) is 4.66. The first-order valence-electron chi connectivity index (χ1n) is 4.57. The maximum Gasteiger partial charge on any atom is 0.314 e. The molecular weight excluding hydrogens is 184 g/mol. The van der Waals surface area contributed by atoms with Crippen LogP contribution in [-0.2, 0) is 0 Å². The average molecular weight is 204 g/mol. The zero-order valence-electron chi connectivity index (χ0n) is 9.22. The minimum Gasteiger partial charge on any atom is -0.389 e. The predicted octanol–water partition coefficient (Wildman–Crippen LogP) is -0.173. The van der Waals surface area contributed by atoms with E-state index >= 15 is 0 Å². The van der Waals surface area contributed by atoms with Gasteiger partial charge in [0.2, 0.25) is 0 Å². The Balaban J connectivity index is 3.68. The van der Waals surface area contributed by atoms with Crippen molar-refractivity contribution in [1.29, 1.82) is 0 Å². The van der Waals surface area contributed by atoms with Crippen LogP contribution in [0.5, 0.6) is 0 Å². The SMILES string of the molecule is CC(C)(O)CNC(=O)NCC(C)(C)O. The number of aliphatic hydroxyl groups is 2. The molecule has 0 aromatic carbocycles. The Morgan fingerprint density at radius 2 is 1.29 bits per heavy atom. The minimum absolute atomic E-state index is 0.171. The van der Waals surface area contributed by atoms with E-state index in [9.17, 15) is 15.0 Å². The van der Waals surface area contributed by atoms with Gasteiger partial charge in [0, 0.05) is 13.1 Å². The number of carbonyl (C=O) groups excluding carboxylic acids is 1. The molecule has 5 heteroatoms. The molecule has 2 amide bonds. The molecule has 0 fully saturated rings. The third kappa shape index (κ3) is 9.28. The number of nitrogens with one attached hydrogen (secondary N) is 2. The Hall–Kier alpha value is -0.810. The molecular formula is C9H20N2O3. The monoisotopic (exact) mass is 204 g/mol. The quantitative estimate of drug-likeness (QED) is 0.513. The topological polar surface area (TPSA) is 81.6 Å². The van der Waals surface area contributed by atoms with Crippen molar-refractivity contribution in [2.75, 3.05) is 13.1 Å². The van der Waals surface area contributed by atoms with Gasteiger partial charge in [-0.05, 0) is 27.7 Å². The lowest BCUT2D eigenvalue weighted by atomic mass is 10.1. The summed E-state index contributed by atoms with van der Waals surface area (Å²) < 4.78 is 0. The molecule has 84 valence electrons. The number of urea groups is 1. The summed E-state index contributed by atoms with van der Waals surface area (Å²) in [6.45, 7) is 6.74. The molecule has 4 N–H and O–H groups in total. The van der Waals surface area contributed by atoms with E-state index in [1.54, 1.807) is 27.7 Å². The Morgan fingerprint density at radius 1 is 1.00 bits per heavy atom. The van der Waals surface area contributed by atoms with Crippen molar-refractivity contribution >= 4 is 6.03 Å². The molecule has 0 radical (unpaired) electrons. The second-order valence-electron chi connectivity index (χ2n) is 4.66. The van der Waals surface area contributed by atoms with E-state index in [2.05, 4.69) is 10.6 Å². The minimum atomic E-state index is -0.925. The molecule has 0 aromatic heterocycles. The number of amides is 2. The summed E-state index contributed by atoms with van der Waals surface area (Å²) in [7, 11) is 0. The Labute approximate surface area is 84.5 Å². The fourth-order valence-corrected chi connectivity index (χ4v) is 0.656. The molecule has 0 aliphatic rings. The lowest BCUT2D eigenvalue weighted by Crippen LogP contribution is -2.47. The first-order chi connectivity index (χ1) is 6.10. The summed E-state index contributed by atoms with van der Waals surface area (Å²) >= 11 is 0. The molecule has 0 saturated carbocycles. The zero-order valence-corrected chi connectivity index (χ0v) is 9.22. The van der Waals surface area contributed by atoms with Crippen LogP contribution < -0.4 is 10.6 Å². The van der Waals surface area contributed by atoms with Gasteiger partial charge in [-0.25, -0.2) is 4.79 Å². The highest BCUT2D eigenvalue weighted by atomic mass is 16.3. The molecule has 0 aromatic rings. The summed E-state index contributed by atoms with van der Waals surface area (Å²) in [5, 5.41) is 23.6. The van der Waals surface area contributed by atoms with Gasteiger partial charge < -0.3 is 20.8 Å². The molecule has 5 nitrogen and oxygen atoms in total. The Morgan fingerprint density at radius 3 is 1.50 bits per heavy atom. The van der Waals surface area contributed by atoms with Gasteiger partial charge in [0.15, 0.2) is 0 Å². The van der Waals surface area contributed by atoms with Crippen LogP contribution in [0.1, 0.15) is 27.7 Å². The third-order valence-corrected chi connectivity index (χ3v) is 1.36. The molecule has 0 saturated heterocycles. The number of rotatable bonds is 4. The van der Waals surface area contributed by atoms with E-state index in [0.717, 1.165) is 0 Å². The van der Waals surface area contributed by atoms with Gasteiger partial charge >= 0.3 is 6.03 Å². The number of carbonyl (C=O) groups is 1. The molecule has 0 aliphatic heterocycles. The molecule has 14 heavy (non-hydrogen) atoms. The van der Waals surface area contributed by atoms with Crippen LogP contribution in [-0.4, -0.2) is 40.5 Å². The van der Waals surface area contributed by atoms with Crippen molar-refractivity contribution in [2.45, 2.75) is 38.9 Å². The van der Waals surface area contributed by atoms with Gasteiger partial charge in [0.05, 0.1) is 11.2 Å². The molecule has 0 bridgehead atoms. The molecule has 0 unspecified atom stereocenters. The van der Waals surface area contributed by atoms with Gasteiger partial charge in [0.1, 0.15) is 0 Å². The van der Waals surface area contributed by atoms with E-state index in [0.29, 0.717) is 0 Å². The Kier molecular flexibility index (Phi) is 4.35. The summed E-state index contributed by atoms with van der Waals surface area (Å²) in [5.74, 6) is 0. The van der Waals surface area contributed by atoms with Crippen LogP contribution in [0.4, 0.5) is 4.79 Å². The molecule has 0 rings (SSSR count). The lowest BCUT2D eigenvalue weighted by Gasteiger charge is -2.20. The van der Waals surface area contributed by atoms with Crippen molar-refractivity contribution in [3.63, 3.8) is 0 Å². The van der Waals surface area contributed by atoms with Gasteiger partial charge in [-0.15, -0.1) is 0 Å². The van der Waals surface area contributed by atoms with E-state index < -0.39 is 17.2 Å². The average Bonchev–Trinajstić information content (AvgIpc) is 1.94. The summed E-state index contributed by atoms with van der Waals surface area (Å²) in [6.07, 6.45) is 0. The standard InChI is InChI=1S/C9H20N2O3/c1-8(2,13)5-10-7(12)11-6-9(3,4)14/h13-14H,5-6H2,1-4H3,(H2,10,11,12). The number of hydrogen-bond acceptors (Lipinski definition) is 3. The summed E-state index contributed by atoms with van der Waals surface area (Å²) in [4.78, 5) is 11.1. The van der Waals surface area contributed by atoms with Crippen molar-refractivity contribution in [3.05, 3.63) is 0 Å². The molecule has 0 spiro atoms. The lowest BCUT2D eigenvalue weighted by molar-refractivity contribution is 0.0763. The highest BCUT2D eigenvalue weighted by Gasteiger charge is 2.16. The smallest absolute Gasteiger partial charge is 0.314 e. The van der Waals surface area contributed by atoms with Gasteiger partial charge in [-0.3, -0.25) is 0 Å². The summed E-state index contributed by atoms with van der Waals surface area (Å²) in [6, 6.07) is -0.394. The summed E-state index contributed by atoms with van der Waals surface area (Å²) in [5.41, 5.74) is -1.85. The van der Waals surface area contributed by atoms with Crippen LogP contribution in [0.3, 0.4) is 0 Å².